The number of nitrogens with zero attached hydrogens (tertiary/aromatic N) is 4. The lowest BCUT2D eigenvalue weighted by atomic mass is 10.4. The maximum atomic E-state index is 11.5. The van der Waals surface area contributed by atoms with E-state index in [1.807, 2.05) is 0 Å². The van der Waals surface area contributed by atoms with Gasteiger partial charge in [0.15, 0.2) is 0 Å². The van der Waals surface area contributed by atoms with Crippen LogP contribution < -0.4 is 5.56 Å². The van der Waals surface area contributed by atoms with Gasteiger partial charge in [0.1, 0.15) is 11.9 Å². The van der Waals surface area contributed by atoms with Gasteiger partial charge in [-0.1, -0.05) is 0 Å². The third-order valence-electron chi connectivity index (χ3n) is 1.89. The van der Waals surface area contributed by atoms with E-state index in [9.17, 15) is 9.59 Å². The topological polar surface area (TPSA) is 106 Å². The minimum absolute atomic E-state index is 0.229. The summed E-state index contributed by atoms with van der Waals surface area (Å²) in [6.07, 6.45) is 2.52. The lowest BCUT2D eigenvalue weighted by molar-refractivity contribution is 0.0695. The second-order valence-electron chi connectivity index (χ2n) is 2.87. The molecular formula is C7H7N5O3. The first kappa shape index (κ1) is 9.19. The van der Waals surface area contributed by atoms with E-state index in [4.69, 9.17) is 5.11 Å². The van der Waals surface area contributed by atoms with Crippen LogP contribution in [0.15, 0.2) is 17.3 Å². The number of carboxylic acids is 1. The summed E-state index contributed by atoms with van der Waals surface area (Å²) < 4.78 is 2.50. The standard InChI is InChI=1S/C7H7N5O3/c1-11-3-8-10-7(11)12-5(13)4(2-9-12)6(14)15/h2-3,9H,1H3,(H,14,15). The number of nitrogens with one attached hydrogen (secondary N) is 1. The molecule has 2 heterocycles. The highest BCUT2D eigenvalue weighted by atomic mass is 16.4. The second kappa shape index (κ2) is 3.08. The lowest BCUT2D eigenvalue weighted by Gasteiger charge is -1.97. The zero-order valence-electron chi connectivity index (χ0n) is 7.71. The van der Waals surface area contributed by atoms with Crippen molar-refractivity contribution in [3.63, 3.8) is 0 Å². The van der Waals surface area contributed by atoms with Crippen LogP contribution in [-0.4, -0.2) is 35.6 Å². The Hall–Kier alpha value is -2.38. The van der Waals surface area contributed by atoms with Gasteiger partial charge in [0.05, 0.1) is 0 Å². The van der Waals surface area contributed by atoms with E-state index in [1.165, 1.54) is 10.9 Å². The molecule has 0 atom stereocenters. The highest BCUT2D eigenvalue weighted by Gasteiger charge is 2.15. The molecule has 0 aliphatic carbocycles. The van der Waals surface area contributed by atoms with Crippen LogP contribution >= 0.6 is 0 Å². The van der Waals surface area contributed by atoms with Gasteiger partial charge in [0.25, 0.3) is 11.5 Å². The van der Waals surface area contributed by atoms with Crippen LogP contribution in [-0.2, 0) is 7.05 Å². The number of aromatic carboxylic acids is 1. The van der Waals surface area contributed by atoms with Crippen molar-refractivity contribution in [1.82, 2.24) is 24.5 Å². The normalized spacial score (nSPS) is 10.5. The molecule has 15 heavy (non-hydrogen) atoms. The molecule has 8 heteroatoms. The van der Waals surface area contributed by atoms with Gasteiger partial charge in [-0.15, -0.1) is 10.2 Å². The highest BCUT2D eigenvalue weighted by Crippen LogP contribution is 1.97. The molecule has 0 amide bonds. The molecule has 0 radical (unpaired) electrons. The van der Waals surface area contributed by atoms with Gasteiger partial charge in [-0.3, -0.25) is 9.89 Å². The first-order chi connectivity index (χ1) is 7.11. The average Bonchev–Trinajstić information content (AvgIpc) is 2.71. The fourth-order valence-corrected chi connectivity index (χ4v) is 1.15. The van der Waals surface area contributed by atoms with Crippen LogP contribution in [0.25, 0.3) is 5.95 Å². The number of aryl methyl sites for hydroxylation is 1. The molecule has 78 valence electrons. The van der Waals surface area contributed by atoms with E-state index >= 15 is 0 Å². The Kier molecular flexibility index (Phi) is 1.89. The molecule has 0 saturated heterocycles. The Bertz CT molecular complexity index is 563. The van der Waals surface area contributed by atoms with Crippen molar-refractivity contribution >= 4 is 5.97 Å². The summed E-state index contributed by atoms with van der Waals surface area (Å²) in [5, 5.41) is 18.4. The Morgan fingerprint density at radius 3 is 2.80 bits per heavy atom. The van der Waals surface area contributed by atoms with Gasteiger partial charge >= 0.3 is 5.97 Å². The number of hydrogen-bond donors (Lipinski definition) is 2. The van der Waals surface area contributed by atoms with Crippen LogP contribution in [0.2, 0.25) is 0 Å². The molecule has 0 saturated carbocycles. The molecule has 0 unspecified atom stereocenters. The molecule has 2 N–H and O–H groups in total. The molecule has 8 nitrogen and oxygen atoms in total. The van der Waals surface area contributed by atoms with Crippen LogP contribution in [0.4, 0.5) is 0 Å². The molecule has 2 aromatic heterocycles. The zero-order valence-corrected chi connectivity index (χ0v) is 7.71. The zero-order chi connectivity index (χ0) is 11.0. The van der Waals surface area contributed by atoms with Crippen LogP contribution in [0, 0.1) is 0 Å². The number of aromatic amines is 1. The Balaban J connectivity index is 2.62. The molecule has 2 rings (SSSR count). The fraction of sp³-hybridized carbons (Fsp3) is 0.143. The predicted octanol–water partition coefficient (Wildman–Crippen LogP) is -1.01. The number of rotatable bonds is 2. The monoisotopic (exact) mass is 209 g/mol. The smallest absolute Gasteiger partial charge is 0.342 e. The van der Waals surface area contributed by atoms with Crippen molar-refractivity contribution < 1.29 is 9.90 Å². The van der Waals surface area contributed by atoms with Crippen molar-refractivity contribution in [2.45, 2.75) is 0 Å². The molecule has 0 bridgehead atoms. The molecule has 0 aliphatic rings. The summed E-state index contributed by atoms with van der Waals surface area (Å²) in [7, 11) is 1.64. The number of aromatic nitrogens is 5. The molecule has 0 fully saturated rings. The summed E-state index contributed by atoms with van der Waals surface area (Å²) in [6, 6.07) is 0. The quantitative estimate of drug-likeness (QED) is 0.659. The Labute approximate surface area is 82.8 Å². The molecule has 0 aromatic carbocycles. The van der Waals surface area contributed by atoms with Crippen molar-refractivity contribution in [3.05, 3.63) is 28.4 Å². The maximum Gasteiger partial charge on any atom is 0.342 e. The molecular weight excluding hydrogens is 202 g/mol. The first-order valence-electron chi connectivity index (χ1n) is 3.99. The second-order valence-corrected chi connectivity index (χ2v) is 2.87. The number of H-pyrrole nitrogens is 1. The Morgan fingerprint density at radius 2 is 2.33 bits per heavy atom. The van der Waals surface area contributed by atoms with Crippen LogP contribution in [0.3, 0.4) is 0 Å². The van der Waals surface area contributed by atoms with Gasteiger partial charge in [0.2, 0.25) is 0 Å². The van der Waals surface area contributed by atoms with Crippen LogP contribution in [0.1, 0.15) is 10.4 Å². The first-order valence-corrected chi connectivity index (χ1v) is 3.99. The van der Waals surface area contributed by atoms with E-state index in [-0.39, 0.29) is 11.5 Å². The fourth-order valence-electron chi connectivity index (χ4n) is 1.15. The van der Waals surface area contributed by atoms with E-state index in [2.05, 4.69) is 15.3 Å². The SMILES string of the molecule is Cn1cnnc1-n1[nH]cc(C(=O)O)c1=O. The highest BCUT2D eigenvalue weighted by molar-refractivity contribution is 5.86. The lowest BCUT2D eigenvalue weighted by Crippen LogP contribution is -2.22. The summed E-state index contributed by atoms with van der Waals surface area (Å²) >= 11 is 0. The molecule has 2 aromatic rings. The number of carboxylic acid groups (broad SMARTS) is 1. The third kappa shape index (κ3) is 1.31. The maximum absolute atomic E-state index is 11.5. The van der Waals surface area contributed by atoms with E-state index in [0.717, 1.165) is 10.9 Å². The predicted molar refractivity (Wildman–Crippen MR) is 47.9 cm³/mol. The summed E-state index contributed by atoms with van der Waals surface area (Å²) in [6.45, 7) is 0. The largest absolute Gasteiger partial charge is 0.477 e. The Morgan fingerprint density at radius 1 is 1.60 bits per heavy atom. The minimum atomic E-state index is -1.28. The van der Waals surface area contributed by atoms with Crippen molar-refractivity contribution in [2.24, 2.45) is 7.05 Å². The molecule has 0 spiro atoms. The van der Waals surface area contributed by atoms with Gasteiger partial charge in [-0.05, 0) is 0 Å². The molecule has 0 aliphatic heterocycles. The van der Waals surface area contributed by atoms with E-state index in [0.29, 0.717) is 0 Å². The third-order valence-corrected chi connectivity index (χ3v) is 1.89. The van der Waals surface area contributed by atoms with Crippen molar-refractivity contribution in [3.8, 4) is 5.95 Å². The van der Waals surface area contributed by atoms with Crippen LogP contribution in [0.5, 0.6) is 0 Å². The van der Waals surface area contributed by atoms with Gasteiger partial charge in [-0.25, -0.2) is 4.79 Å². The van der Waals surface area contributed by atoms with E-state index < -0.39 is 11.5 Å². The summed E-state index contributed by atoms with van der Waals surface area (Å²) in [5.74, 6) is -1.05. The summed E-state index contributed by atoms with van der Waals surface area (Å²) in [5.41, 5.74) is -1.00. The summed E-state index contributed by atoms with van der Waals surface area (Å²) in [4.78, 5) is 22.1. The number of carbonyl (C=O) groups is 1. The van der Waals surface area contributed by atoms with Gasteiger partial charge in [0, 0.05) is 13.2 Å². The average molecular weight is 209 g/mol. The van der Waals surface area contributed by atoms with Gasteiger partial charge < -0.3 is 9.67 Å². The minimum Gasteiger partial charge on any atom is -0.477 e. The van der Waals surface area contributed by atoms with Crippen molar-refractivity contribution in [2.75, 3.05) is 0 Å². The van der Waals surface area contributed by atoms with Crippen molar-refractivity contribution in [1.29, 1.82) is 0 Å². The van der Waals surface area contributed by atoms with E-state index in [1.54, 1.807) is 7.05 Å². The van der Waals surface area contributed by atoms with Gasteiger partial charge in [-0.2, -0.15) is 4.68 Å². The number of hydrogen-bond acceptors (Lipinski definition) is 4.